The molecule has 0 amide bonds. The lowest BCUT2D eigenvalue weighted by molar-refractivity contribution is 0.0900. The van der Waals surface area contributed by atoms with Crippen LogP contribution in [0.4, 0.5) is 0 Å². The third-order valence-electron chi connectivity index (χ3n) is 5.30. The first-order valence-corrected chi connectivity index (χ1v) is 9.07. The SMILES string of the molecule is N[C@H](Cc1ccccc1)CN1CCC(N2CCCCC2)CC1. The van der Waals surface area contributed by atoms with Crippen LogP contribution in [-0.2, 0) is 6.42 Å². The molecule has 122 valence electrons. The molecule has 0 bridgehead atoms. The summed E-state index contributed by atoms with van der Waals surface area (Å²) in [6, 6.07) is 11.7. The Hall–Kier alpha value is -0.900. The lowest BCUT2D eigenvalue weighted by Crippen LogP contribution is -2.49. The Morgan fingerprint density at radius 1 is 0.955 bits per heavy atom. The normalized spacial score (nSPS) is 23.5. The molecule has 2 fully saturated rings. The molecule has 0 saturated carbocycles. The van der Waals surface area contributed by atoms with E-state index in [1.54, 1.807) is 0 Å². The molecule has 1 atom stereocenters. The van der Waals surface area contributed by atoms with Crippen molar-refractivity contribution < 1.29 is 0 Å². The van der Waals surface area contributed by atoms with Crippen LogP contribution >= 0.6 is 0 Å². The number of rotatable bonds is 5. The molecule has 2 saturated heterocycles. The molecule has 2 N–H and O–H groups in total. The Kier molecular flexibility index (Phi) is 5.88. The standard InChI is InChI=1S/C19H31N3/c20-18(15-17-7-3-1-4-8-17)16-21-13-9-19(10-14-21)22-11-5-2-6-12-22/h1,3-4,7-8,18-19H,2,5-6,9-16,20H2/t18-/m1/s1. The van der Waals surface area contributed by atoms with Crippen molar-refractivity contribution in [2.24, 2.45) is 5.73 Å². The van der Waals surface area contributed by atoms with Crippen molar-refractivity contribution in [3.63, 3.8) is 0 Å². The first-order chi connectivity index (χ1) is 10.8. The molecule has 0 radical (unpaired) electrons. The summed E-state index contributed by atoms with van der Waals surface area (Å²) in [7, 11) is 0. The van der Waals surface area contributed by atoms with Gasteiger partial charge >= 0.3 is 0 Å². The summed E-state index contributed by atoms with van der Waals surface area (Å²) < 4.78 is 0. The van der Waals surface area contributed by atoms with E-state index in [4.69, 9.17) is 5.73 Å². The molecule has 3 rings (SSSR count). The lowest BCUT2D eigenvalue weighted by Gasteiger charge is -2.40. The highest BCUT2D eigenvalue weighted by Gasteiger charge is 2.26. The van der Waals surface area contributed by atoms with Crippen LogP contribution in [0.25, 0.3) is 0 Å². The molecule has 0 aromatic heterocycles. The molecular formula is C19H31N3. The number of hydrogen-bond acceptors (Lipinski definition) is 3. The minimum Gasteiger partial charge on any atom is -0.326 e. The molecule has 1 aromatic rings. The van der Waals surface area contributed by atoms with Crippen LogP contribution in [0.5, 0.6) is 0 Å². The van der Waals surface area contributed by atoms with E-state index in [1.807, 2.05) is 0 Å². The molecule has 0 aliphatic carbocycles. The van der Waals surface area contributed by atoms with E-state index < -0.39 is 0 Å². The first kappa shape index (κ1) is 16.0. The van der Waals surface area contributed by atoms with Crippen LogP contribution in [0.2, 0.25) is 0 Å². The number of benzene rings is 1. The van der Waals surface area contributed by atoms with Gasteiger partial charge < -0.3 is 15.5 Å². The topological polar surface area (TPSA) is 32.5 Å². The van der Waals surface area contributed by atoms with Gasteiger partial charge in [-0.05, 0) is 63.8 Å². The van der Waals surface area contributed by atoms with Gasteiger partial charge in [0.15, 0.2) is 0 Å². The van der Waals surface area contributed by atoms with Crippen molar-refractivity contribution in [2.75, 3.05) is 32.7 Å². The van der Waals surface area contributed by atoms with Gasteiger partial charge in [0.1, 0.15) is 0 Å². The molecule has 22 heavy (non-hydrogen) atoms. The molecule has 3 heteroatoms. The van der Waals surface area contributed by atoms with E-state index in [2.05, 4.69) is 40.1 Å². The highest BCUT2D eigenvalue weighted by molar-refractivity contribution is 5.15. The fourth-order valence-electron chi connectivity index (χ4n) is 4.06. The van der Waals surface area contributed by atoms with Crippen LogP contribution in [0.1, 0.15) is 37.7 Å². The fourth-order valence-corrected chi connectivity index (χ4v) is 4.06. The molecule has 3 nitrogen and oxygen atoms in total. The Morgan fingerprint density at radius 3 is 2.32 bits per heavy atom. The summed E-state index contributed by atoms with van der Waals surface area (Å²) >= 11 is 0. The summed E-state index contributed by atoms with van der Waals surface area (Å²) in [5.74, 6) is 0. The van der Waals surface area contributed by atoms with Crippen LogP contribution in [0, 0.1) is 0 Å². The van der Waals surface area contributed by atoms with Gasteiger partial charge in [0, 0.05) is 18.6 Å². The summed E-state index contributed by atoms with van der Waals surface area (Å²) in [6.07, 6.45) is 7.90. The van der Waals surface area contributed by atoms with Crippen LogP contribution < -0.4 is 5.73 Å². The maximum Gasteiger partial charge on any atom is 0.0208 e. The summed E-state index contributed by atoms with van der Waals surface area (Å²) in [6.45, 7) is 6.16. The van der Waals surface area contributed by atoms with Crippen molar-refractivity contribution in [2.45, 2.75) is 50.6 Å². The minimum absolute atomic E-state index is 0.258. The van der Waals surface area contributed by atoms with E-state index in [-0.39, 0.29) is 6.04 Å². The number of piperidine rings is 2. The van der Waals surface area contributed by atoms with E-state index in [1.165, 1.54) is 63.8 Å². The number of likely N-dealkylation sites (tertiary alicyclic amines) is 2. The van der Waals surface area contributed by atoms with Crippen LogP contribution in [0.3, 0.4) is 0 Å². The quantitative estimate of drug-likeness (QED) is 0.907. The van der Waals surface area contributed by atoms with Gasteiger partial charge in [0.2, 0.25) is 0 Å². The summed E-state index contributed by atoms with van der Waals surface area (Å²) in [4.78, 5) is 5.32. The summed E-state index contributed by atoms with van der Waals surface area (Å²) in [5.41, 5.74) is 7.72. The Labute approximate surface area is 135 Å². The second-order valence-electron chi connectivity index (χ2n) is 7.08. The average Bonchev–Trinajstić information content (AvgIpc) is 2.57. The van der Waals surface area contributed by atoms with Gasteiger partial charge in [0.05, 0.1) is 0 Å². The predicted molar refractivity (Wildman–Crippen MR) is 93.0 cm³/mol. The molecule has 1 aromatic carbocycles. The third-order valence-corrected chi connectivity index (χ3v) is 5.30. The summed E-state index contributed by atoms with van der Waals surface area (Å²) in [5, 5.41) is 0. The molecule has 0 unspecified atom stereocenters. The van der Waals surface area contributed by atoms with Crippen molar-refractivity contribution in [3.05, 3.63) is 35.9 Å². The number of hydrogen-bond donors (Lipinski definition) is 1. The van der Waals surface area contributed by atoms with E-state index in [0.29, 0.717) is 0 Å². The second kappa shape index (κ2) is 8.09. The van der Waals surface area contributed by atoms with Crippen molar-refractivity contribution in [3.8, 4) is 0 Å². The van der Waals surface area contributed by atoms with Gasteiger partial charge in [-0.3, -0.25) is 0 Å². The zero-order valence-corrected chi connectivity index (χ0v) is 13.8. The maximum atomic E-state index is 6.36. The molecule has 2 aliphatic heterocycles. The Balaban J connectivity index is 1.39. The maximum absolute atomic E-state index is 6.36. The highest BCUT2D eigenvalue weighted by Crippen LogP contribution is 2.21. The van der Waals surface area contributed by atoms with Crippen molar-refractivity contribution >= 4 is 0 Å². The van der Waals surface area contributed by atoms with Gasteiger partial charge in [0.25, 0.3) is 0 Å². The van der Waals surface area contributed by atoms with E-state index >= 15 is 0 Å². The fraction of sp³-hybridized carbons (Fsp3) is 0.684. The molecule has 2 aliphatic rings. The highest BCUT2D eigenvalue weighted by atomic mass is 15.2. The van der Waals surface area contributed by atoms with Crippen LogP contribution in [0.15, 0.2) is 30.3 Å². The number of nitrogens with two attached hydrogens (primary N) is 1. The lowest BCUT2D eigenvalue weighted by atomic mass is 9.99. The second-order valence-corrected chi connectivity index (χ2v) is 7.08. The molecular weight excluding hydrogens is 270 g/mol. The smallest absolute Gasteiger partial charge is 0.0208 e. The van der Waals surface area contributed by atoms with E-state index in [0.717, 1.165) is 19.0 Å². The Bertz CT molecular complexity index is 420. The van der Waals surface area contributed by atoms with Gasteiger partial charge in [-0.1, -0.05) is 36.8 Å². The minimum atomic E-state index is 0.258. The monoisotopic (exact) mass is 301 g/mol. The van der Waals surface area contributed by atoms with Gasteiger partial charge in [-0.25, -0.2) is 0 Å². The van der Waals surface area contributed by atoms with Gasteiger partial charge in [-0.15, -0.1) is 0 Å². The third kappa shape index (κ3) is 4.55. The zero-order valence-electron chi connectivity index (χ0n) is 13.8. The first-order valence-electron chi connectivity index (χ1n) is 9.07. The van der Waals surface area contributed by atoms with E-state index in [9.17, 15) is 0 Å². The van der Waals surface area contributed by atoms with Gasteiger partial charge in [-0.2, -0.15) is 0 Å². The zero-order chi connectivity index (χ0) is 15.2. The Morgan fingerprint density at radius 2 is 1.64 bits per heavy atom. The molecule has 0 spiro atoms. The van der Waals surface area contributed by atoms with Crippen molar-refractivity contribution in [1.82, 2.24) is 9.80 Å². The average molecular weight is 301 g/mol. The molecule has 2 heterocycles. The largest absolute Gasteiger partial charge is 0.326 e. The van der Waals surface area contributed by atoms with Crippen LogP contribution in [-0.4, -0.2) is 54.6 Å². The predicted octanol–water partition coefficient (Wildman–Crippen LogP) is 2.51. The number of nitrogens with zero attached hydrogens (tertiary/aromatic N) is 2. The van der Waals surface area contributed by atoms with Crippen molar-refractivity contribution in [1.29, 1.82) is 0 Å².